The van der Waals surface area contributed by atoms with Crippen LogP contribution in [0.5, 0.6) is 0 Å². The quantitative estimate of drug-likeness (QED) is 0.180. The van der Waals surface area contributed by atoms with Gasteiger partial charge in [0.05, 0.1) is 16.8 Å². The molecule has 0 amide bonds. The minimum absolute atomic E-state index is 0.0970. The fraction of sp³-hybridized carbons (Fsp3) is 0.767. The van der Waals surface area contributed by atoms with Gasteiger partial charge in [-0.1, -0.05) is 60.1 Å². The zero-order valence-electron chi connectivity index (χ0n) is 26.1. The van der Waals surface area contributed by atoms with Crippen LogP contribution < -0.4 is 0 Å². The minimum atomic E-state index is -1.89. The molecule has 0 spiro atoms. The van der Waals surface area contributed by atoms with Crippen molar-refractivity contribution in [2.24, 2.45) is 5.92 Å². The molecule has 0 bridgehead atoms. The highest BCUT2D eigenvalue weighted by molar-refractivity contribution is 7.09. The van der Waals surface area contributed by atoms with Crippen molar-refractivity contribution < 1.29 is 8.85 Å². The van der Waals surface area contributed by atoms with Crippen molar-refractivity contribution in [3.8, 4) is 0 Å². The SMILES string of the molecule is C/C(=C/c1csc(C)n1)[C@H](C/C=C(\C)CCC[C@H](C)CO[Si](C)(C)C(C)(C)C)O[Si](C)(C)C(C)(C)C. The summed E-state index contributed by atoms with van der Waals surface area (Å²) >= 11 is 1.70. The molecule has 1 aromatic heterocycles. The molecule has 0 saturated carbocycles. The van der Waals surface area contributed by atoms with E-state index in [2.05, 4.69) is 118 Å². The Labute approximate surface area is 230 Å². The van der Waals surface area contributed by atoms with E-state index < -0.39 is 16.6 Å². The van der Waals surface area contributed by atoms with Gasteiger partial charge in [-0.25, -0.2) is 4.98 Å². The molecule has 0 aliphatic heterocycles. The molecule has 0 unspecified atom stereocenters. The maximum atomic E-state index is 6.92. The van der Waals surface area contributed by atoms with E-state index >= 15 is 0 Å². The van der Waals surface area contributed by atoms with Crippen molar-refractivity contribution in [2.45, 2.75) is 137 Å². The standard InChI is InChI=1S/C30H57NO2SSi2/c1-23(16-15-17-24(2)21-32-35(11,12)29(5,6)7)18-19-28(33-36(13,14)30(8,9)10)25(3)20-27-22-34-26(4)31-27/h18,20,22,24,28H,15-17,19,21H2,1-14H3/b23-18+,25-20-/t24-,28-/m0/s1. The third kappa shape index (κ3) is 11.1. The van der Waals surface area contributed by atoms with Gasteiger partial charge in [0.25, 0.3) is 0 Å². The second-order valence-electron chi connectivity index (χ2n) is 13.9. The Morgan fingerprint density at radius 2 is 1.61 bits per heavy atom. The first-order valence-electron chi connectivity index (χ1n) is 13.8. The Kier molecular flexibility index (Phi) is 12.6. The van der Waals surface area contributed by atoms with Crippen LogP contribution in [0.3, 0.4) is 0 Å². The van der Waals surface area contributed by atoms with Crippen LogP contribution in [0.4, 0.5) is 0 Å². The van der Waals surface area contributed by atoms with Crippen molar-refractivity contribution in [2.75, 3.05) is 6.61 Å². The lowest BCUT2D eigenvalue weighted by molar-refractivity contribution is 0.217. The largest absolute Gasteiger partial charge is 0.417 e. The van der Waals surface area contributed by atoms with Gasteiger partial charge in [-0.2, -0.15) is 0 Å². The molecule has 0 saturated heterocycles. The molecule has 0 aliphatic rings. The molecule has 1 aromatic rings. The molecule has 3 nitrogen and oxygen atoms in total. The summed E-state index contributed by atoms with van der Waals surface area (Å²) in [6, 6.07) is 0. The first kappa shape index (κ1) is 33.5. The molecule has 36 heavy (non-hydrogen) atoms. The molecule has 208 valence electrons. The van der Waals surface area contributed by atoms with Crippen LogP contribution >= 0.6 is 11.3 Å². The van der Waals surface area contributed by atoms with Crippen LogP contribution in [-0.4, -0.2) is 34.3 Å². The first-order chi connectivity index (χ1) is 16.2. The van der Waals surface area contributed by atoms with Crippen LogP contribution in [0.25, 0.3) is 6.08 Å². The number of hydrogen-bond donors (Lipinski definition) is 0. The smallest absolute Gasteiger partial charge is 0.192 e. The Hall–Kier alpha value is -0.536. The fourth-order valence-corrected chi connectivity index (χ4v) is 6.47. The van der Waals surface area contributed by atoms with Gasteiger partial charge in [-0.15, -0.1) is 11.3 Å². The van der Waals surface area contributed by atoms with E-state index in [-0.39, 0.29) is 16.2 Å². The Morgan fingerprint density at radius 3 is 2.11 bits per heavy atom. The van der Waals surface area contributed by atoms with Crippen molar-refractivity contribution >= 4 is 34.0 Å². The zero-order valence-corrected chi connectivity index (χ0v) is 28.9. The van der Waals surface area contributed by atoms with Gasteiger partial charge in [0.1, 0.15) is 0 Å². The summed E-state index contributed by atoms with van der Waals surface area (Å²) < 4.78 is 13.4. The molecule has 0 radical (unpaired) electrons. The lowest BCUT2D eigenvalue weighted by Gasteiger charge is -2.39. The number of hydrogen-bond acceptors (Lipinski definition) is 4. The highest BCUT2D eigenvalue weighted by atomic mass is 32.1. The van der Waals surface area contributed by atoms with E-state index in [0.717, 1.165) is 30.2 Å². The molecular formula is C30H57NO2SSi2. The predicted molar refractivity (Wildman–Crippen MR) is 167 cm³/mol. The molecule has 0 fully saturated rings. The van der Waals surface area contributed by atoms with Crippen LogP contribution in [0.1, 0.15) is 98.7 Å². The fourth-order valence-electron chi connectivity index (χ4n) is 3.42. The number of nitrogens with zero attached hydrogens (tertiary/aromatic N) is 1. The van der Waals surface area contributed by atoms with Crippen LogP contribution in [-0.2, 0) is 8.85 Å². The number of aromatic nitrogens is 1. The molecule has 0 aliphatic carbocycles. The van der Waals surface area contributed by atoms with Crippen LogP contribution in [0.2, 0.25) is 36.3 Å². The third-order valence-corrected chi connectivity index (χ3v) is 18.0. The van der Waals surface area contributed by atoms with E-state index in [4.69, 9.17) is 8.85 Å². The normalized spacial score (nSPS) is 16.4. The van der Waals surface area contributed by atoms with Gasteiger partial charge in [0, 0.05) is 12.0 Å². The summed E-state index contributed by atoms with van der Waals surface area (Å²) in [5.74, 6) is 0.605. The molecule has 6 heteroatoms. The molecule has 2 atom stereocenters. The lowest BCUT2D eigenvalue weighted by Crippen LogP contribution is -2.44. The highest BCUT2D eigenvalue weighted by Gasteiger charge is 2.39. The van der Waals surface area contributed by atoms with Gasteiger partial charge in [-0.05, 0) is 100 Å². The average Bonchev–Trinajstić information content (AvgIpc) is 3.12. The maximum Gasteiger partial charge on any atom is 0.192 e. The minimum Gasteiger partial charge on any atom is -0.417 e. The lowest BCUT2D eigenvalue weighted by atomic mass is 10.0. The summed E-state index contributed by atoms with van der Waals surface area (Å²) in [7, 11) is -3.55. The Bertz CT molecular complexity index is 872. The molecule has 0 N–H and O–H groups in total. The molecule has 1 heterocycles. The van der Waals surface area contributed by atoms with Crippen molar-refractivity contribution in [1.82, 2.24) is 4.98 Å². The van der Waals surface area contributed by atoms with E-state index in [1.807, 2.05) is 0 Å². The summed E-state index contributed by atoms with van der Waals surface area (Å²) in [6.07, 6.45) is 9.22. The number of allylic oxidation sites excluding steroid dienone is 1. The van der Waals surface area contributed by atoms with Gasteiger partial charge in [-0.3, -0.25) is 0 Å². The van der Waals surface area contributed by atoms with Gasteiger partial charge in [0.15, 0.2) is 16.6 Å². The second-order valence-corrected chi connectivity index (χ2v) is 24.5. The summed E-state index contributed by atoms with van der Waals surface area (Å²) in [5, 5.41) is 3.71. The topological polar surface area (TPSA) is 31.4 Å². The first-order valence-corrected chi connectivity index (χ1v) is 20.5. The highest BCUT2D eigenvalue weighted by Crippen LogP contribution is 2.39. The van der Waals surface area contributed by atoms with Crippen molar-refractivity contribution in [3.63, 3.8) is 0 Å². The van der Waals surface area contributed by atoms with E-state index in [0.29, 0.717) is 5.92 Å². The number of rotatable bonds is 13. The number of aryl methyl sites for hydroxylation is 1. The van der Waals surface area contributed by atoms with Crippen molar-refractivity contribution in [1.29, 1.82) is 0 Å². The van der Waals surface area contributed by atoms with Gasteiger partial charge >= 0.3 is 0 Å². The van der Waals surface area contributed by atoms with Crippen molar-refractivity contribution in [3.05, 3.63) is 33.3 Å². The van der Waals surface area contributed by atoms with Gasteiger partial charge in [0.2, 0.25) is 0 Å². The molecule has 1 rings (SSSR count). The molecular weight excluding hydrogens is 495 g/mol. The van der Waals surface area contributed by atoms with Crippen LogP contribution in [0, 0.1) is 12.8 Å². The summed E-state index contributed by atoms with van der Waals surface area (Å²) in [5.41, 5.74) is 3.78. The Balaban J connectivity index is 2.77. The summed E-state index contributed by atoms with van der Waals surface area (Å²) in [6.45, 7) is 33.1. The van der Waals surface area contributed by atoms with E-state index in [1.54, 1.807) is 11.3 Å². The monoisotopic (exact) mass is 551 g/mol. The predicted octanol–water partition coefficient (Wildman–Crippen LogP) is 10.4. The Morgan fingerprint density at radius 1 is 1.03 bits per heavy atom. The van der Waals surface area contributed by atoms with E-state index in [1.165, 1.54) is 24.0 Å². The zero-order chi connectivity index (χ0) is 27.9. The maximum absolute atomic E-state index is 6.92. The van der Waals surface area contributed by atoms with E-state index in [9.17, 15) is 0 Å². The second kappa shape index (κ2) is 13.5. The average molecular weight is 552 g/mol. The van der Waals surface area contributed by atoms with Gasteiger partial charge < -0.3 is 8.85 Å². The molecule has 0 aromatic carbocycles. The third-order valence-electron chi connectivity index (χ3n) is 8.25. The van der Waals surface area contributed by atoms with Crippen LogP contribution in [0.15, 0.2) is 22.6 Å². The number of thiazole rings is 1. The summed E-state index contributed by atoms with van der Waals surface area (Å²) in [4.78, 5) is 4.65.